The van der Waals surface area contributed by atoms with E-state index in [4.69, 9.17) is 0 Å². The van der Waals surface area contributed by atoms with E-state index in [1.807, 2.05) is 36.4 Å². The van der Waals surface area contributed by atoms with E-state index >= 15 is 0 Å². The summed E-state index contributed by atoms with van der Waals surface area (Å²) < 4.78 is 13.0. The number of para-hydroxylation sites is 1. The van der Waals surface area contributed by atoms with E-state index in [9.17, 15) is 9.18 Å². The van der Waals surface area contributed by atoms with Gasteiger partial charge in [0, 0.05) is 23.6 Å². The zero-order valence-corrected chi connectivity index (χ0v) is 11.8. The molecule has 0 bridgehead atoms. The first-order chi connectivity index (χ1) is 9.74. The quantitative estimate of drug-likeness (QED) is 0.812. The molecule has 2 aromatic rings. The second-order valence-electron chi connectivity index (χ2n) is 4.35. The van der Waals surface area contributed by atoms with Crippen LogP contribution in [0.25, 0.3) is 0 Å². The number of anilines is 1. The molecular formula is C16H16FNOS. The number of thioether (sulfide) groups is 1. The first-order valence-electron chi connectivity index (χ1n) is 6.41. The highest BCUT2D eigenvalue weighted by molar-refractivity contribution is 7.98. The van der Waals surface area contributed by atoms with Crippen LogP contribution < -0.4 is 5.32 Å². The third-order valence-electron chi connectivity index (χ3n) is 2.69. The zero-order chi connectivity index (χ0) is 14.2. The molecule has 0 aromatic heterocycles. The van der Waals surface area contributed by atoms with Gasteiger partial charge in [-0.25, -0.2) is 4.39 Å². The zero-order valence-electron chi connectivity index (χ0n) is 11.0. The Hall–Kier alpha value is -1.81. The largest absolute Gasteiger partial charge is 0.326 e. The van der Waals surface area contributed by atoms with Crippen LogP contribution in [0.5, 0.6) is 0 Å². The molecule has 4 heteroatoms. The van der Waals surface area contributed by atoms with Gasteiger partial charge in [-0.05, 0) is 29.8 Å². The van der Waals surface area contributed by atoms with Gasteiger partial charge >= 0.3 is 0 Å². The molecule has 2 nitrogen and oxygen atoms in total. The molecule has 20 heavy (non-hydrogen) atoms. The van der Waals surface area contributed by atoms with Crippen molar-refractivity contribution in [3.63, 3.8) is 0 Å². The van der Waals surface area contributed by atoms with E-state index in [1.54, 1.807) is 17.8 Å². The third-order valence-corrected chi connectivity index (χ3v) is 3.72. The molecule has 0 radical (unpaired) electrons. The number of benzene rings is 2. The van der Waals surface area contributed by atoms with Crippen molar-refractivity contribution < 1.29 is 9.18 Å². The van der Waals surface area contributed by atoms with Crippen LogP contribution in [-0.2, 0) is 10.5 Å². The summed E-state index contributed by atoms with van der Waals surface area (Å²) in [5, 5.41) is 2.84. The molecule has 0 unspecified atom stereocenters. The van der Waals surface area contributed by atoms with Crippen LogP contribution in [0.2, 0.25) is 0 Å². The van der Waals surface area contributed by atoms with Crippen LogP contribution >= 0.6 is 11.8 Å². The predicted molar refractivity (Wildman–Crippen MR) is 82.3 cm³/mol. The van der Waals surface area contributed by atoms with E-state index < -0.39 is 0 Å². The lowest BCUT2D eigenvalue weighted by molar-refractivity contribution is -0.115. The lowest BCUT2D eigenvalue weighted by Gasteiger charge is -2.05. The molecule has 1 N–H and O–H groups in total. The number of halogens is 1. The molecule has 0 saturated carbocycles. The summed E-state index contributed by atoms with van der Waals surface area (Å²) in [6.07, 6.45) is 0.453. The Bertz CT molecular complexity index is 559. The second kappa shape index (κ2) is 7.70. The second-order valence-corrected chi connectivity index (χ2v) is 5.45. The summed E-state index contributed by atoms with van der Waals surface area (Å²) in [6, 6.07) is 15.9. The van der Waals surface area contributed by atoms with Crippen molar-refractivity contribution in [2.75, 3.05) is 11.1 Å². The third kappa shape index (κ3) is 5.05. The summed E-state index contributed by atoms with van der Waals surface area (Å²) in [5.74, 6) is 1.22. The van der Waals surface area contributed by atoms with Gasteiger partial charge in [0.25, 0.3) is 0 Å². The molecule has 0 aliphatic rings. The number of hydrogen-bond donors (Lipinski definition) is 1. The highest BCUT2D eigenvalue weighted by atomic mass is 32.2. The molecule has 0 heterocycles. The molecule has 2 aromatic carbocycles. The first kappa shape index (κ1) is 14.6. The number of carbonyl (C=O) groups excluding carboxylic acids is 1. The Morgan fingerprint density at radius 2 is 1.90 bits per heavy atom. The number of amides is 1. The van der Waals surface area contributed by atoms with E-state index in [0.29, 0.717) is 6.42 Å². The van der Waals surface area contributed by atoms with Crippen LogP contribution in [0.4, 0.5) is 10.1 Å². The maximum Gasteiger partial charge on any atom is 0.225 e. The molecule has 0 fully saturated rings. The number of carbonyl (C=O) groups is 1. The molecule has 0 atom stereocenters. The Balaban J connectivity index is 1.67. The van der Waals surface area contributed by atoms with Crippen molar-refractivity contribution in [1.29, 1.82) is 0 Å². The molecule has 2 rings (SSSR count). The van der Waals surface area contributed by atoms with Gasteiger partial charge in [-0.2, -0.15) is 11.8 Å². The summed E-state index contributed by atoms with van der Waals surface area (Å²) in [7, 11) is 0. The topological polar surface area (TPSA) is 29.1 Å². The van der Waals surface area contributed by atoms with Gasteiger partial charge in [0.05, 0.1) is 0 Å². The normalized spacial score (nSPS) is 10.2. The summed E-state index contributed by atoms with van der Waals surface area (Å²) in [6.45, 7) is 0. The molecular weight excluding hydrogens is 273 g/mol. The maximum atomic E-state index is 13.0. The number of hydrogen-bond acceptors (Lipinski definition) is 2. The molecule has 0 aliphatic heterocycles. The number of rotatable bonds is 6. The summed E-state index contributed by atoms with van der Waals surface area (Å²) in [4.78, 5) is 11.7. The van der Waals surface area contributed by atoms with Crippen molar-refractivity contribution in [2.24, 2.45) is 0 Å². The standard InChI is InChI=1S/C16H16FNOS/c17-14-6-4-5-13(11-14)12-20-10-9-16(19)18-15-7-2-1-3-8-15/h1-8,11H,9-10,12H2,(H,18,19). The van der Waals surface area contributed by atoms with Gasteiger partial charge in [0.2, 0.25) is 5.91 Å². The fraction of sp³-hybridized carbons (Fsp3) is 0.188. The van der Waals surface area contributed by atoms with E-state index in [2.05, 4.69) is 5.32 Å². The average molecular weight is 289 g/mol. The smallest absolute Gasteiger partial charge is 0.225 e. The van der Waals surface area contributed by atoms with Crippen LogP contribution in [0.1, 0.15) is 12.0 Å². The summed E-state index contributed by atoms with van der Waals surface area (Å²) in [5.41, 5.74) is 1.76. The van der Waals surface area contributed by atoms with Crippen molar-refractivity contribution in [3.05, 3.63) is 66.0 Å². The monoisotopic (exact) mass is 289 g/mol. The van der Waals surface area contributed by atoms with Crippen molar-refractivity contribution in [1.82, 2.24) is 0 Å². The van der Waals surface area contributed by atoms with Gasteiger partial charge in [-0.3, -0.25) is 4.79 Å². The molecule has 0 spiro atoms. The lowest BCUT2D eigenvalue weighted by Crippen LogP contribution is -2.12. The van der Waals surface area contributed by atoms with Crippen LogP contribution in [0.3, 0.4) is 0 Å². The van der Waals surface area contributed by atoms with Crippen molar-refractivity contribution in [2.45, 2.75) is 12.2 Å². The predicted octanol–water partition coefficient (Wildman–Crippen LogP) is 4.09. The van der Waals surface area contributed by atoms with Gasteiger partial charge in [0.15, 0.2) is 0 Å². The van der Waals surface area contributed by atoms with E-state index in [1.165, 1.54) is 12.1 Å². The molecule has 104 valence electrons. The van der Waals surface area contributed by atoms with Crippen LogP contribution in [0.15, 0.2) is 54.6 Å². The molecule has 0 aliphatic carbocycles. The minimum atomic E-state index is -0.218. The van der Waals surface area contributed by atoms with Gasteiger partial charge in [-0.15, -0.1) is 0 Å². The van der Waals surface area contributed by atoms with Gasteiger partial charge < -0.3 is 5.32 Å². The Kier molecular flexibility index (Phi) is 5.62. The lowest BCUT2D eigenvalue weighted by atomic mass is 10.2. The highest BCUT2D eigenvalue weighted by Crippen LogP contribution is 2.14. The fourth-order valence-electron chi connectivity index (χ4n) is 1.73. The minimum absolute atomic E-state index is 0.00272. The van der Waals surface area contributed by atoms with Gasteiger partial charge in [-0.1, -0.05) is 30.3 Å². The van der Waals surface area contributed by atoms with Crippen LogP contribution in [-0.4, -0.2) is 11.7 Å². The van der Waals surface area contributed by atoms with E-state index in [-0.39, 0.29) is 11.7 Å². The Labute approximate surface area is 122 Å². The SMILES string of the molecule is O=C(CCSCc1cccc(F)c1)Nc1ccccc1. The van der Waals surface area contributed by atoms with Crippen LogP contribution in [0, 0.1) is 5.82 Å². The molecule has 0 saturated heterocycles. The fourth-order valence-corrected chi connectivity index (χ4v) is 2.62. The first-order valence-corrected chi connectivity index (χ1v) is 7.56. The Morgan fingerprint density at radius 3 is 2.65 bits per heavy atom. The minimum Gasteiger partial charge on any atom is -0.326 e. The highest BCUT2D eigenvalue weighted by Gasteiger charge is 2.02. The van der Waals surface area contributed by atoms with Gasteiger partial charge in [0.1, 0.15) is 5.82 Å². The Morgan fingerprint density at radius 1 is 1.10 bits per heavy atom. The average Bonchev–Trinajstić information content (AvgIpc) is 2.45. The van der Waals surface area contributed by atoms with E-state index in [0.717, 1.165) is 22.8 Å². The number of nitrogens with one attached hydrogen (secondary N) is 1. The van der Waals surface area contributed by atoms with Crippen molar-refractivity contribution >= 4 is 23.4 Å². The maximum absolute atomic E-state index is 13.0. The van der Waals surface area contributed by atoms with Crippen molar-refractivity contribution in [3.8, 4) is 0 Å². The molecule has 1 amide bonds. The summed E-state index contributed by atoms with van der Waals surface area (Å²) >= 11 is 1.63.